The minimum Gasteiger partial charge on any atom is -0.481 e. The van der Waals surface area contributed by atoms with Gasteiger partial charge < -0.3 is 15.2 Å². The van der Waals surface area contributed by atoms with E-state index in [1.807, 2.05) is 13.8 Å². The maximum atomic E-state index is 14.0. The van der Waals surface area contributed by atoms with E-state index >= 15 is 0 Å². The summed E-state index contributed by atoms with van der Waals surface area (Å²) in [5, 5.41) is 12.9. The Kier molecular flexibility index (Phi) is 9.42. The Balaban J connectivity index is 1.28. The predicted molar refractivity (Wildman–Crippen MR) is 203 cm³/mol. The summed E-state index contributed by atoms with van der Waals surface area (Å²) in [5.74, 6) is -1.50. The maximum Gasteiger partial charge on any atom is 0.309 e. The number of esters is 1. The molecule has 298 valence electrons. The third-order valence-electron chi connectivity index (χ3n) is 16.8. The number of ketones is 1. The fourth-order valence-electron chi connectivity index (χ4n) is 13.8. The normalized spacial score (nSPS) is 41.7. The topological polar surface area (TPSA) is 156 Å². The molecule has 0 aliphatic heterocycles. The summed E-state index contributed by atoms with van der Waals surface area (Å²) >= 11 is 0. The Morgan fingerprint density at radius 2 is 1.49 bits per heavy atom. The van der Waals surface area contributed by atoms with Crippen molar-refractivity contribution < 1.29 is 37.4 Å². The van der Waals surface area contributed by atoms with Gasteiger partial charge in [0.2, 0.25) is 15.9 Å². The zero-order chi connectivity index (χ0) is 39.7. The number of hydrogen-bond acceptors (Lipinski definition) is 7. The van der Waals surface area contributed by atoms with E-state index in [9.17, 15) is 32.7 Å². The molecule has 2 unspecified atom stereocenters. The minimum atomic E-state index is -3.66. The zero-order valence-corrected chi connectivity index (χ0v) is 35.1. The highest BCUT2D eigenvalue weighted by molar-refractivity contribution is 7.88. The summed E-state index contributed by atoms with van der Waals surface area (Å²) in [6.07, 6.45) is 8.53. The first kappa shape index (κ1) is 40.4. The molecule has 0 aromatic carbocycles. The average Bonchev–Trinajstić information content (AvgIpc) is 3.28. The fraction of sp³-hybridized carbons (Fsp3) is 0.857. The van der Waals surface area contributed by atoms with Gasteiger partial charge >= 0.3 is 11.9 Å². The number of fused-ring (bicyclic) bond motifs is 7. The number of sulfonamides is 1. The number of allylic oxidation sites excluding steroid dienone is 1. The molecule has 0 bridgehead atoms. The van der Waals surface area contributed by atoms with Gasteiger partial charge in [-0.05, 0) is 128 Å². The molecule has 6 rings (SSSR count). The van der Waals surface area contributed by atoms with Crippen molar-refractivity contribution in [2.75, 3.05) is 6.26 Å². The van der Waals surface area contributed by atoms with E-state index in [1.165, 1.54) is 0 Å². The molecule has 0 saturated heterocycles. The highest BCUT2D eigenvalue weighted by Crippen LogP contribution is 2.76. The van der Waals surface area contributed by atoms with Gasteiger partial charge in [-0.15, -0.1) is 0 Å². The molecule has 11 heteroatoms. The standard InChI is InChI=1S/C42H66N2O8S/c1-23(2)31-27(45)22-42(43-35(49)38(7,8)44-53(12,50)51)20-19-40(10)24(32(31)42)13-14-29-39(9)17-16-30(37(5,6)28(39)15-18-41(29,40)11)52-34(48)26-21-25(33(46)47)36(26,3)4/h23-26,28-30,44H,13-22H2,1-12H3,(H,43,49)(H,46,47)/t24-,25+,26-,28?,29?,30+,39+,40-,41-,42-/m1/s1. The van der Waals surface area contributed by atoms with Crippen LogP contribution in [-0.2, 0) is 33.9 Å². The SMILES string of the molecule is CC(C)C1=C2[C@H]3CCC4[C@@]5(C)CC[C@H](OC(=O)[C@H]6C[C@@H](C(=O)O)C6(C)C)C(C)(C)C5CC[C@@]4(C)[C@]3(C)CC[C@@]2(NC(=O)C(C)(C)NS(C)(=O)=O)CC1=O. The van der Waals surface area contributed by atoms with Crippen LogP contribution >= 0.6 is 0 Å². The van der Waals surface area contributed by atoms with Gasteiger partial charge in [0, 0.05) is 11.8 Å². The number of carbonyl (C=O) groups is 4. The summed E-state index contributed by atoms with van der Waals surface area (Å²) in [6, 6.07) is 0. The van der Waals surface area contributed by atoms with E-state index in [2.05, 4.69) is 58.5 Å². The molecule has 6 aliphatic carbocycles. The largest absolute Gasteiger partial charge is 0.481 e. The molecule has 1 amide bonds. The van der Waals surface area contributed by atoms with E-state index in [4.69, 9.17) is 4.74 Å². The van der Waals surface area contributed by atoms with Gasteiger partial charge in [-0.25, -0.2) is 13.1 Å². The molecule has 0 radical (unpaired) electrons. The molecule has 0 aromatic heterocycles. The molecule has 0 heterocycles. The summed E-state index contributed by atoms with van der Waals surface area (Å²) in [5.41, 5.74) is -1.29. The number of carboxylic acids is 1. The number of carboxylic acid groups (broad SMARTS) is 1. The van der Waals surface area contributed by atoms with Gasteiger partial charge in [-0.3, -0.25) is 19.2 Å². The predicted octanol–water partition coefficient (Wildman–Crippen LogP) is 6.82. The van der Waals surface area contributed by atoms with Crippen LogP contribution in [0.2, 0.25) is 0 Å². The molecule has 10 nitrogen and oxygen atoms in total. The van der Waals surface area contributed by atoms with Crippen LogP contribution < -0.4 is 10.0 Å². The lowest BCUT2D eigenvalue weighted by Gasteiger charge is -2.72. The number of ether oxygens (including phenoxy) is 1. The van der Waals surface area contributed by atoms with Crippen molar-refractivity contribution in [3.63, 3.8) is 0 Å². The summed E-state index contributed by atoms with van der Waals surface area (Å²) in [4.78, 5) is 53.2. The molecule has 5 fully saturated rings. The first-order chi connectivity index (χ1) is 24.1. The van der Waals surface area contributed by atoms with Gasteiger partial charge in [-0.2, -0.15) is 0 Å². The fourth-order valence-corrected chi connectivity index (χ4v) is 14.8. The van der Waals surface area contributed by atoms with Gasteiger partial charge in [0.05, 0.1) is 23.6 Å². The van der Waals surface area contributed by atoms with Crippen LogP contribution in [0.3, 0.4) is 0 Å². The molecular weight excluding hydrogens is 693 g/mol. The summed E-state index contributed by atoms with van der Waals surface area (Å²) in [6.45, 7) is 23.0. The molecular formula is C42H66N2O8S. The lowest BCUT2D eigenvalue weighted by Crippen LogP contribution is -2.68. The van der Waals surface area contributed by atoms with Gasteiger partial charge in [0.1, 0.15) is 11.6 Å². The number of aliphatic carboxylic acids is 1. The number of Topliss-reactive ketones (excluding diaryl/α,β-unsaturated/α-hetero) is 1. The van der Waals surface area contributed by atoms with Gasteiger partial charge in [-0.1, -0.05) is 62.3 Å². The lowest BCUT2D eigenvalue weighted by atomic mass is 9.33. The molecule has 10 atom stereocenters. The molecule has 3 N–H and O–H groups in total. The highest BCUT2D eigenvalue weighted by atomic mass is 32.2. The van der Waals surface area contributed by atoms with Crippen molar-refractivity contribution in [1.82, 2.24) is 10.0 Å². The molecule has 0 spiro atoms. The van der Waals surface area contributed by atoms with Crippen molar-refractivity contribution in [2.24, 2.45) is 62.6 Å². The van der Waals surface area contributed by atoms with Crippen LogP contribution in [0.4, 0.5) is 0 Å². The summed E-state index contributed by atoms with van der Waals surface area (Å²) in [7, 11) is -3.66. The molecule has 6 aliphatic rings. The summed E-state index contributed by atoms with van der Waals surface area (Å²) < 4.78 is 33.3. The second-order valence-electron chi connectivity index (χ2n) is 21.0. The average molecular weight is 759 g/mol. The quantitative estimate of drug-likeness (QED) is 0.228. The van der Waals surface area contributed by atoms with Crippen molar-refractivity contribution >= 4 is 33.7 Å². The smallest absolute Gasteiger partial charge is 0.309 e. The van der Waals surface area contributed by atoms with E-state index in [0.29, 0.717) is 24.7 Å². The van der Waals surface area contributed by atoms with Gasteiger partial charge in [0.15, 0.2) is 5.78 Å². The second kappa shape index (κ2) is 12.4. The van der Waals surface area contributed by atoms with Gasteiger partial charge in [0.25, 0.3) is 0 Å². The van der Waals surface area contributed by atoms with Crippen LogP contribution in [0, 0.1) is 62.6 Å². The Morgan fingerprint density at radius 3 is 2.06 bits per heavy atom. The first-order valence-corrected chi connectivity index (χ1v) is 22.0. The Bertz CT molecular complexity index is 1750. The van der Waals surface area contributed by atoms with Crippen molar-refractivity contribution in [3.8, 4) is 0 Å². The number of carbonyl (C=O) groups excluding carboxylic acids is 3. The van der Waals surface area contributed by atoms with Crippen molar-refractivity contribution in [2.45, 2.75) is 158 Å². The Morgan fingerprint density at radius 1 is 0.849 bits per heavy atom. The number of amides is 1. The monoisotopic (exact) mass is 758 g/mol. The maximum absolute atomic E-state index is 14.0. The highest BCUT2D eigenvalue weighted by Gasteiger charge is 2.70. The minimum absolute atomic E-state index is 0.00104. The van der Waals surface area contributed by atoms with Crippen LogP contribution in [0.1, 0.15) is 140 Å². The lowest BCUT2D eigenvalue weighted by molar-refractivity contribution is -0.235. The van der Waals surface area contributed by atoms with E-state index in [1.54, 1.807) is 13.8 Å². The first-order valence-electron chi connectivity index (χ1n) is 20.1. The zero-order valence-electron chi connectivity index (χ0n) is 34.3. The van der Waals surface area contributed by atoms with E-state index in [0.717, 1.165) is 62.3 Å². The molecule has 0 aromatic rings. The number of nitrogens with one attached hydrogen (secondary N) is 2. The number of hydrogen-bond donors (Lipinski definition) is 3. The van der Waals surface area contributed by atoms with Crippen LogP contribution in [0.5, 0.6) is 0 Å². The Hall–Kier alpha value is -2.27. The Labute approximate surface area is 317 Å². The van der Waals surface area contributed by atoms with E-state index < -0.39 is 50.2 Å². The number of rotatable bonds is 8. The third kappa shape index (κ3) is 5.89. The molecule has 5 saturated carbocycles. The van der Waals surface area contributed by atoms with Crippen molar-refractivity contribution in [1.29, 1.82) is 0 Å². The van der Waals surface area contributed by atoms with Crippen LogP contribution in [0.25, 0.3) is 0 Å². The second-order valence-corrected chi connectivity index (χ2v) is 22.8. The third-order valence-corrected chi connectivity index (χ3v) is 17.7. The van der Waals surface area contributed by atoms with Crippen molar-refractivity contribution in [3.05, 3.63) is 11.1 Å². The molecule has 53 heavy (non-hydrogen) atoms. The van der Waals surface area contributed by atoms with Crippen LogP contribution in [-0.4, -0.2) is 60.6 Å². The van der Waals surface area contributed by atoms with Crippen LogP contribution in [0.15, 0.2) is 11.1 Å². The van der Waals surface area contributed by atoms with E-state index in [-0.39, 0.29) is 57.8 Å².